The predicted octanol–water partition coefficient (Wildman–Crippen LogP) is -1.65. The van der Waals surface area contributed by atoms with Crippen molar-refractivity contribution in [2.75, 3.05) is 19.6 Å². The Balaban J connectivity index is 1.96. The van der Waals surface area contributed by atoms with E-state index >= 15 is 0 Å². The number of aromatic amines is 2. The maximum atomic E-state index is 12.1. The summed E-state index contributed by atoms with van der Waals surface area (Å²) in [5.41, 5.74) is -0.229. The first kappa shape index (κ1) is 14.8. The molecule has 1 saturated heterocycles. The number of hydrogen-bond acceptors (Lipinski definition) is 4. The fourth-order valence-electron chi connectivity index (χ4n) is 2.27. The van der Waals surface area contributed by atoms with Gasteiger partial charge in [0.05, 0.1) is 0 Å². The van der Waals surface area contributed by atoms with E-state index in [-0.39, 0.29) is 24.1 Å². The van der Waals surface area contributed by atoms with Crippen molar-refractivity contribution < 1.29 is 13.2 Å². The lowest BCUT2D eigenvalue weighted by atomic mass is 9.98. The standard InChI is InChI=1S/C10H17N5O4S/c11-20(18,19)13-4-7-2-1-3-15(6-7)9(16)8-5-12-10(17)14-8/h5,7,13H,1-4,6H2,(H2,11,18,19)(H2,12,14,17). The van der Waals surface area contributed by atoms with Crippen molar-refractivity contribution in [3.8, 4) is 0 Å². The third-order valence-corrected chi connectivity index (χ3v) is 3.77. The summed E-state index contributed by atoms with van der Waals surface area (Å²) in [5, 5.41) is 4.88. The number of H-pyrrole nitrogens is 2. The van der Waals surface area contributed by atoms with Crippen LogP contribution < -0.4 is 15.6 Å². The van der Waals surface area contributed by atoms with E-state index in [4.69, 9.17) is 5.14 Å². The van der Waals surface area contributed by atoms with Gasteiger partial charge in [-0.25, -0.2) is 14.7 Å². The molecule has 1 atom stereocenters. The Kier molecular flexibility index (Phi) is 4.26. The molecule has 1 fully saturated rings. The second kappa shape index (κ2) is 5.77. The summed E-state index contributed by atoms with van der Waals surface area (Å²) in [4.78, 5) is 29.5. The largest absolute Gasteiger partial charge is 0.337 e. The minimum absolute atomic E-state index is 0.0108. The van der Waals surface area contributed by atoms with Crippen molar-refractivity contribution in [3.63, 3.8) is 0 Å². The SMILES string of the molecule is NS(=O)(=O)NCC1CCCN(C(=O)c2c[nH]c(=O)[nH]2)C1. The molecule has 0 spiro atoms. The number of aromatic nitrogens is 2. The van der Waals surface area contributed by atoms with Gasteiger partial charge in [-0.05, 0) is 18.8 Å². The van der Waals surface area contributed by atoms with Gasteiger partial charge >= 0.3 is 5.69 Å². The third kappa shape index (κ3) is 3.92. The first-order chi connectivity index (χ1) is 9.35. The summed E-state index contributed by atoms with van der Waals surface area (Å²) in [6, 6.07) is 0. The monoisotopic (exact) mass is 303 g/mol. The van der Waals surface area contributed by atoms with E-state index in [1.165, 1.54) is 6.20 Å². The number of likely N-dealkylation sites (tertiary alicyclic amines) is 1. The number of imidazole rings is 1. The van der Waals surface area contributed by atoms with Crippen molar-refractivity contribution in [1.82, 2.24) is 19.6 Å². The van der Waals surface area contributed by atoms with Crippen LogP contribution in [0.3, 0.4) is 0 Å². The number of amides is 1. The molecule has 2 rings (SSSR count). The molecule has 0 aliphatic carbocycles. The number of nitrogens with two attached hydrogens (primary N) is 1. The molecule has 1 aliphatic rings. The Morgan fingerprint density at radius 3 is 2.90 bits per heavy atom. The summed E-state index contributed by atoms with van der Waals surface area (Å²) in [5.74, 6) is -0.264. The average molecular weight is 303 g/mol. The Bertz CT molecular complexity index is 634. The molecule has 1 aromatic rings. The summed E-state index contributed by atoms with van der Waals surface area (Å²) >= 11 is 0. The molecule has 20 heavy (non-hydrogen) atoms. The molecule has 1 aromatic heterocycles. The van der Waals surface area contributed by atoms with Gasteiger partial charge in [0.25, 0.3) is 16.1 Å². The van der Waals surface area contributed by atoms with Crippen LogP contribution in [0, 0.1) is 5.92 Å². The van der Waals surface area contributed by atoms with Crippen LogP contribution in [0.5, 0.6) is 0 Å². The topological polar surface area (TPSA) is 141 Å². The number of nitrogens with zero attached hydrogens (tertiary/aromatic N) is 1. The van der Waals surface area contributed by atoms with E-state index in [1.54, 1.807) is 4.90 Å². The molecule has 0 aromatic carbocycles. The molecular weight excluding hydrogens is 286 g/mol. The summed E-state index contributed by atoms with van der Waals surface area (Å²) < 4.78 is 24.0. The molecule has 10 heteroatoms. The highest BCUT2D eigenvalue weighted by Gasteiger charge is 2.25. The van der Waals surface area contributed by atoms with Crippen molar-refractivity contribution in [3.05, 3.63) is 22.4 Å². The van der Waals surface area contributed by atoms with Gasteiger partial charge in [0.1, 0.15) is 5.69 Å². The van der Waals surface area contributed by atoms with E-state index in [1.807, 2.05) is 0 Å². The van der Waals surface area contributed by atoms with Gasteiger partial charge in [-0.15, -0.1) is 0 Å². The average Bonchev–Trinajstić information content (AvgIpc) is 2.82. The molecule has 1 aliphatic heterocycles. The van der Waals surface area contributed by atoms with Crippen LogP contribution in [0.15, 0.2) is 11.0 Å². The zero-order valence-electron chi connectivity index (χ0n) is 10.8. The van der Waals surface area contributed by atoms with E-state index in [0.717, 1.165) is 12.8 Å². The number of carbonyl (C=O) groups is 1. The molecule has 112 valence electrons. The lowest BCUT2D eigenvalue weighted by molar-refractivity contribution is 0.0671. The van der Waals surface area contributed by atoms with Crippen LogP contribution in [0.25, 0.3) is 0 Å². The van der Waals surface area contributed by atoms with E-state index in [0.29, 0.717) is 13.1 Å². The lowest BCUT2D eigenvalue weighted by Gasteiger charge is -2.32. The Morgan fingerprint density at radius 1 is 1.55 bits per heavy atom. The van der Waals surface area contributed by atoms with Crippen LogP contribution in [0.1, 0.15) is 23.3 Å². The number of piperidine rings is 1. The minimum atomic E-state index is -3.72. The highest BCUT2D eigenvalue weighted by atomic mass is 32.2. The maximum Gasteiger partial charge on any atom is 0.323 e. The zero-order chi connectivity index (χ0) is 14.8. The first-order valence-corrected chi connectivity index (χ1v) is 7.74. The summed E-state index contributed by atoms with van der Waals surface area (Å²) in [7, 11) is -3.72. The second-order valence-electron chi connectivity index (χ2n) is 4.81. The molecular formula is C10H17N5O4S. The van der Waals surface area contributed by atoms with Crippen LogP contribution >= 0.6 is 0 Å². The van der Waals surface area contributed by atoms with Crippen molar-refractivity contribution >= 4 is 16.1 Å². The number of carbonyl (C=O) groups excluding carboxylic acids is 1. The van der Waals surface area contributed by atoms with Crippen LogP contribution in [0.2, 0.25) is 0 Å². The van der Waals surface area contributed by atoms with E-state index in [9.17, 15) is 18.0 Å². The van der Waals surface area contributed by atoms with Crippen LogP contribution in [-0.4, -0.2) is 48.8 Å². The normalized spacial score (nSPS) is 20.1. The third-order valence-electron chi connectivity index (χ3n) is 3.21. The smallest absolute Gasteiger partial charge is 0.323 e. The van der Waals surface area contributed by atoms with Crippen molar-refractivity contribution in [2.24, 2.45) is 11.1 Å². The number of rotatable bonds is 4. The molecule has 0 saturated carbocycles. The molecule has 0 bridgehead atoms. The lowest BCUT2D eigenvalue weighted by Crippen LogP contribution is -2.44. The highest BCUT2D eigenvalue weighted by molar-refractivity contribution is 7.87. The number of nitrogens with one attached hydrogen (secondary N) is 3. The Labute approximate surface area is 115 Å². The van der Waals surface area contributed by atoms with E-state index in [2.05, 4.69) is 14.7 Å². The van der Waals surface area contributed by atoms with E-state index < -0.39 is 15.9 Å². The van der Waals surface area contributed by atoms with Gasteiger partial charge in [-0.3, -0.25) is 4.79 Å². The molecule has 9 nitrogen and oxygen atoms in total. The van der Waals surface area contributed by atoms with Crippen LogP contribution in [-0.2, 0) is 10.2 Å². The summed E-state index contributed by atoms with van der Waals surface area (Å²) in [6.07, 6.45) is 2.92. The van der Waals surface area contributed by atoms with Gasteiger partial charge in [0.2, 0.25) is 0 Å². The molecule has 0 radical (unpaired) electrons. The number of hydrogen-bond donors (Lipinski definition) is 4. The fraction of sp³-hybridized carbons (Fsp3) is 0.600. The summed E-state index contributed by atoms with van der Waals surface area (Å²) in [6.45, 7) is 1.21. The minimum Gasteiger partial charge on any atom is -0.337 e. The second-order valence-corrected chi connectivity index (χ2v) is 6.19. The quantitative estimate of drug-likeness (QED) is 0.528. The van der Waals surface area contributed by atoms with Gasteiger partial charge < -0.3 is 14.9 Å². The molecule has 1 unspecified atom stereocenters. The van der Waals surface area contributed by atoms with Crippen molar-refractivity contribution in [1.29, 1.82) is 0 Å². The Morgan fingerprint density at radius 2 is 2.30 bits per heavy atom. The predicted molar refractivity (Wildman–Crippen MR) is 71.2 cm³/mol. The van der Waals surface area contributed by atoms with Crippen molar-refractivity contribution in [2.45, 2.75) is 12.8 Å². The maximum absolute atomic E-state index is 12.1. The van der Waals surface area contributed by atoms with Gasteiger partial charge in [0, 0.05) is 25.8 Å². The Hall–Kier alpha value is -1.65. The first-order valence-electron chi connectivity index (χ1n) is 6.19. The van der Waals surface area contributed by atoms with Gasteiger partial charge in [0.15, 0.2) is 0 Å². The van der Waals surface area contributed by atoms with Crippen LogP contribution in [0.4, 0.5) is 0 Å². The molecule has 5 N–H and O–H groups in total. The molecule has 2 heterocycles. The van der Waals surface area contributed by atoms with Gasteiger partial charge in [-0.2, -0.15) is 8.42 Å². The molecule has 1 amide bonds. The van der Waals surface area contributed by atoms with Gasteiger partial charge in [-0.1, -0.05) is 0 Å². The highest BCUT2D eigenvalue weighted by Crippen LogP contribution is 2.17. The zero-order valence-corrected chi connectivity index (χ0v) is 11.6. The fourth-order valence-corrected chi connectivity index (χ4v) is 2.74.